The molecule has 2 nitrogen and oxygen atoms in total. The van der Waals surface area contributed by atoms with Gasteiger partial charge < -0.3 is 10.2 Å². The summed E-state index contributed by atoms with van der Waals surface area (Å²) in [5, 5.41) is 19.1. The van der Waals surface area contributed by atoms with E-state index in [1.54, 1.807) is 0 Å². The van der Waals surface area contributed by atoms with Gasteiger partial charge in [-0.05, 0) is 6.42 Å². The Morgan fingerprint density at radius 2 is 1.36 bits per heavy atom. The summed E-state index contributed by atoms with van der Waals surface area (Å²) in [6.45, 7) is 2.21. The second-order valence-corrected chi connectivity index (χ2v) is 7.74. The molecule has 2 N–H and O–H groups in total. The molecule has 0 aliphatic heterocycles. The largest absolute Gasteiger partial charge is 0.390 e. The Morgan fingerprint density at radius 3 is 1.82 bits per heavy atom. The summed E-state index contributed by atoms with van der Waals surface area (Å²) in [6, 6.07) is 0. The highest BCUT2D eigenvalue weighted by Crippen LogP contribution is 2.37. The zero-order valence-corrected chi connectivity index (χ0v) is 16.4. The van der Waals surface area contributed by atoms with E-state index in [9.17, 15) is 10.2 Å². The maximum atomic E-state index is 10.1. The van der Waals surface area contributed by atoms with Crippen LogP contribution in [0.3, 0.4) is 0 Å². The van der Waals surface area contributed by atoms with E-state index in [-0.39, 0.29) is 11.8 Å². The van der Waals surface area contributed by atoms with Crippen molar-refractivity contribution in [2.24, 2.45) is 0 Å². The first-order chi connectivity index (χ1) is 10.4. The van der Waals surface area contributed by atoms with E-state index in [0.29, 0.717) is 6.42 Å². The molecule has 0 aromatic rings. The first-order valence-corrected chi connectivity index (χ1v) is 10.1. The third kappa shape index (κ3) is 8.26. The molecule has 4 unspecified atom stereocenters. The van der Waals surface area contributed by atoms with E-state index in [1.807, 2.05) is 0 Å². The second kappa shape index (κ2) is 13.4. The van der Waals surface area contributed by atoms with Gasteiger partial charge in [0.05, 0.1) is 28.3 Å². The minimum atomic E-state index is -1.14. The van der Waals surface area contributed by atoms with E-state index in [2.05, 4.69) is 6.92 Å². The molecule has 0 spiro atoms. The van der Waals surface area contributed by atoms with Gasteiger partial charge in [-0.3, -0.25) is 0 Å². The highest BCUT2D eigenvalue weighted by atomic mass is 35.5. The lowest BCUT2D eigenvalue weighted by molar-refractivity contribution is 0.0957. The highest BCUT2D eigenvalue weighted by Gasteiger charge is 2.44. The van der Waals surface area contributed by atoms with Gasteiger partial charge in [0.25, 0.3) is 0 Å². The first-order valence-electron chi connectivity index (χ1n) is 8.25. The topological polar surface area (TPSA) is 40.5 Å². The quantitative estimate of drug-likeness (QED) is 0.309. The maximum absolute atomic E-state index is 10.1. The van der Waals surface area contributed by atoms with Crippen LogP contribution in [-0.2, 0) is 0 Å². The molecule has 0 saturated carbocycles. The molecule has 0 rings (SSSR count). The van der Waals surface area contributed by atoms with Crippen LogP contribution in [0.2, 0.25) is 0 Å². The third-order valence-corrected chi connectivity index (χ3v) is 6.14. The molecule has 0 aromatic heterocycles. The molecular weight excluding hydrogens is 366 g/mol. The standard InChI is InChI=1S/C16H30Cl4O2/c1-2-3-4-5-6-7-8-9-10-16(20,14(22)12-18)15(19)13(21)11-17/h13-15,21-22H,2-12H2,1H3. The molecule has 0 radical (unpaired) electrons. The Labute approximate surface area is 155 Å². The van der Waals surface area contributed by atoms with Crippen molar-refractivity contribution in [1.82, 2.24) is 0 Å². The predicted octanol–water partition coefficient (Wildman–Crippen LogP) is 5.30. The van der Waals surface area contributed by atoms with E-state index in [4.69, 9.17) is 46.4 Å². The summed E-state index contributed by atoms with van der Waals surface area (Å²) in [5.74, 6) is -0.0339. The van der Waals surface area contributed by atoms with Crippen molar-refractivity contribution in [2.75, 3.05) is 11.8 Å². The van der Waals surface area contributed by atoms with Crippen molar-refractivity contribution in [3.8, 4) is 0 Å². The van der Waals surface area contributed by atoms with Gasteiger partial charge in [0.2, 0.25) is 0 Å². The minimum Gasteiger partial charge on any atom is -0.390 e. The summed E-state index contributed by atoms with van der Waals surface area (Å²) in [7, 11) is 0. The van der Waals surface area contributed by atoms with Crippen molar-refractivity contribution >= 4 is 46.4 Å². The number of hydrogen-bond acceptors (Lipinski definition) is 2. The fourth-order valence-corrected chi connectivity index (χ4v) is 3.87. The molecule has 0 saturated heterocycles. The predicted molar refractivity (Wildman–Crippen MR) is 98.9 cm³/mol. The number of aliphatic hydroxyl groups is 2. The lowest BCUT2D eigenvalue weighted by Crippen LogP contribution is -2.51. The summed E-state index contributed by atoms with van der Waals surface area (Å²) in [5.41, 5.74) is 0. The van der Waals surface area contributed by atoms with Crippen LogP contribution in [0.5, 0.6) is 0 Å². The maximum Gasteiger partial charge on any atom is 0.0904 e. The number of unbranched alkanes of at least 4 members (excludes halogenated alkanes) is 7. The van der Waals surface area contributed by atoms with Gasteiger partial charge in [0, 0.05) is 5.88 Å². The fraction of sp³-hybridized carbons (Fsp3) is 1.00. The van der Waals surface area contributed by atoms with Crippen molar-refractivity contribution in [2.45, 2.75) is 87.2 Å². The normalized spacial score (nSPS) is 18.7. The molecule has 0 bridgehead atoms. The van der Waals surface area contributed by atoms with Crippen LogP contribution in [-0.4, -0.2) is 44.4 Å². The smallest absolute Gasteiger partial charge is 0.0904 e. The van der Waals surface area contributed by atoms with Gasteiger partial charge >= 0.3 is 0 Å². The molecule has 134 valence electrons. The molecule has 0 aliphatic rings. The Morgan fingerprint density at radius 1 is 0.864 bits per heavy atom. The number of alkyl halides is 4. The van der Waals surface area contributed by atoms with Gasteiger partial charge in [-0.15, -0.1) is 46.4 Å². The SMILES string of the molecule is CCCCCCCCCCC(Cl)(C(O)CCl)C(Cl)C(O)CCl. The lowest BCUT2D eigenvalue weighted by Gasteiger charge is -2.37. The molecule has 4 atom stereocenters. The van der Waals surface area contributed by atoms with Crippen LogP contribution in [0.15, 0.2) is 0 Å². The number of rotatable bonds is 14. The molecule has 0 fully saturated rings. The first kappa shape index (κ1) is 23.1. The van der Waals surface area contributed by atoms with Crippen LogP contribution in [0.25, 0.3) is 0 Å². The van der Waals surface area contributed by atoms with Crippen LogP contribution < -0.4 is 0 Å². The van der Waals surface area contributed by atoms with Gasteiger partial charge in [-0.2, -0.15) is 0 Å². The number of hydrogen-bond donors (Lipinski definition) is 2. The third-order valence-electron chi connectivity index (χ3n) is 4.07. The zero-order valence-electron chi connectivity index (χ0n) is 13.4. The number of aliphatic hydroxyl groups excluding tert-OH is 2. The van der Waals surface area contributed by atoms with Crippen molar-refractivity contribution in [1.29, 1.82) is 0 Å². The summed E-state index contributed by atoms with van der Waals surface area (Å²) < 4.78 is 0. The summed E-state index contributed by atoms with van der Waals surface area (Å²) in [6.07, 6.45) is 7.97. The Bertz CT molecular complexity index is 269. The highest BCUT2D eigenvalue weighted by molar-refractivity contribution is 6.34. The van der Waals surface area contributed by atoms with E-state index in [1.165, 1.54) is 32.1 Å². The van der Waals surface area contributed by atoms with Crippen molar-refractivity contribution in [3.05, 3.63) is 0 Å². The average Bonchev–Trinajstić information content (AvgIpc) is 2.54. The van der Waals surface area contributed by atoms with Gasteiger partial charge in [-0.1, -0.05) is 58.3 Å². The Balaban J connectivity index is 4.21. The summed E-state index contributed by atoms with van der Waals surface area (Å²) >= 11 is 24.1. The fourth-order valence-electron chi connectivity index (χ4n) is 2.54. The minimum absolute atomic E-state index is 0.0151. The zero-order chi connectivity index (χ0) is 17.0. The molecule has 0 amide bonds. The van der Waals surface area contributed by atoms with Crippen molar-refractivity contribution in [3.63, 3.8) is 0 Å². The van der Waals surface area contributed by atoms with E-state index in [0.717, 1.165) is 19.3 Å². The molecule has 0 heterocycles. The van der Waals surface area contributed by atoms with Gasteiger partial charge in [0.1, 0.15) is 0 Å². The monoisotopic (exact) mass is 394 g/mol. The van der Waals surface area contributed by atoms with Gasteiger partial charge in [0.15, 0.2) is 0 Å². The second-order valence-electron chi connectivity index (χ2n) is 5.95. The van der Waals surface area contributed by atoms with E-state index < -0.39 is 22.5 Å². The summed E-state index contributed by atoms with van der Waals surface area (Å²) in [4.78, 5) is -1.14. The van der Waals surface area contributed by atoms with Crippen LogP contribution in [0.4, 0.5) is 0 Å². The van der Waals surface area contributed by atoms with Crippen LogP contribution in [0, 0.1) is 0 Å². The molecular formula is C16H30Cl4O2. The average molecular weight is 396 g/mol. The molecule has 0 aliphatic carbocycles. The molecule has 6 heteroatoms. The van der Waals surface area contributed by atoms with Crippen LogP contribution >= 0.6 is 46.4 Å². The van der Waals surface area contributed by atoms with Crippen molar-refractivity contribution < 1.29 is 10.2 Å². The van der Waals surface area contributed by atoms with Crippen LogP contribution in [0.1, 0.15) is 64.7 Å². The Kier molecular flexibility index (Phi) is 14.0. The molecule has 0 aromatic carbocycles. The number of halogens is 4. The van der Waals surface area contributed by atoms with E-state index >= 15 is 0 Å². The van der Waals surface area contributed by atoms with Gasteiger partial charge in [-0.25, -0.2) is 0 Å². The molecule has 22 heavy (non-hydrogen) atoms. The Hall–Kier alpha value is 1.08. The lowest BCUT2D eigenvalue weighted by atomic mass is 9.89.